The van der Waals surface area contributed by atoms with Crippen LogP contribution in [0.4, 0.5) is 0 Å². The van der Waals surface area contributed by atoms with E-state index in [-0.39, 0.29) is 0 Å². The van der Waals surface area contributed by atoms with Gasteiger partial charge in [0.15, 0.2) is 0 Å². The normalized spacial score (nSPS) is 16.8. The summed E-state index contributed by atoms with van der Waals surface area (Å²) in [7, 11) is 1.74. The lowest BCUT2D eigenvalue weighted by molar-refractivity contribution is 0.994. The molecule has 0 amide bonds. The quantitative estimate of drug-likeness (QED) is 0.493. The van der Waals surface area contributed by atoms with E-state index in [0.717, 1.165) is 17.2 Å². The standard InChI is InChI=1S/C18H23N3/c1-13(15-9-10-15)11-14(2)21-18(20-3)12-17(19)16-7-5-4-6-8-16/h4-8,11-12,15H,2,9-10,19H2,1,3H3,(H,20,21)/b13-11+,17-12-. The van der Waals surface area contributed by atoms with E-state index in [1.807, 2.05) is 36.4 Å². The molecule has 1 aliphatic carbocycles. The Morgan fingerprint density at radius 2 is 1.95 bits per heavy atom. The molecule has 2 rings (SSSR count). The van der Waals surface area contributed by atoms with Crippen LogP contribution in [-0.2, 0) is 0 Å². The Morgan fingerprint density at radius 3 is 2.52 bits per heavy atom. The Bertz CT molecular complexity index is 590. The fourth-order valence-corrected chi connectivity index (χ4v) is 2.15. The first-order valence-corrected chi connectivity index (χ1v) is 7.23. The van der Waals surface area contributed by atoms with Crippen LogP contribution in [0.1, 0.15) is 25.3 Å². The van der Waals surface area contributed by atoms with E-state index < -0.39 is 0 Å². The van der Waals surface area contributed by atoms with Crippen LogP contribution in [0.5, 0.6) is 0 Å². The van der Waals surface area contributed by atoms with E-state index in [0.29, 0.717) is 11.5 Å². The summed E-state index contributed by atoms with van der Waals surface area (Å²) in [5.74, 6) is 1.46. The van der Waals surface area contributed by atoms with Crippen molar-refractivity contribution in [2.75, 3.05) is 7.05 Å². The largest absolute Gasteiger partial charge is 0.398 e. The lowest BCUT2D eigenvalue weighted by Crippen LogP contribution is -2.20. The van der Waals surface area contributed by atoms with Gasteiger partial charge in [-0.15, -0.1) is 0 Å². The minimum Gasteiger partial charge on any atom is -0.398 e. The number of rotatable bonds is 5. The van der Waals surface area contributed by atoms with Crippen LogP contribution in [0.3, 0.4) is 0 Å². The molecule has 0 saturated heterocycles. The third-order valence-electron chi connectivity index (χ3n) is 3.55. The van der Waals surface area contributed by atoms with Gasteiger partial charge in [-0.1, -0.05) is 42.5 Å². The second-order valence-corrected chi connectivity index (χ2v) is 5.39. The minimum absolute atomic E-state index is 0.680. The van der Waals surface area contributed by atoms with E-state index >= 15 is 0 Å². The Hall–Kier alpha value is -2.29. The van der Waals surface area contributed by atoms with Gasteiger partial charge in [-0.2, -0.15) is 0 Å². The molecule has 1 fully saturated rings. The SMILES string of the molecule is C=C(/C=C(\C)C1CC1)NC(/C=C(\N)c1ccccc1)=NC. The first-order chi connectivity index (χ1) is 10.1. The molecule has 0 radical (unpaired) electrons. The number of nitrogens with two attached hydrogens (primary N) is 1. The van der Waals surface area contributed by atoms with E-state index in [1.165, 1.54) is 18.4 Å². The maximum atomic E-state index is 6.10. The highest BCUT2D eigenvalue weighted by Crippen LogP contribution is 2.36. The van der Waals surface area contributed by atoms with Crippen molar-refractivity contribution in [1.82, 2.24) is 5.32 Å². The molecule has 0 spiro atoms. The van der Waals surface area contributed by atoms with Gasteiger partial charge < -0.3 is 11.1 Å². The van der Waals surface area contributed by atoms with Gasteiger partial charge in [0.25, 0.3) is 0 Å². The van der Waals surface area contributed by atoms with Gasteiger partial charge in [-0.3, -0.25) is 4.99 Å². The molecule has 1 saturated carbocycles. The predicted octanol–water partition coefficient (Wildman–Crippen LogP) is 3.47. The molecule has 0 unspecified atom stereocenters. The Kier molecular flexibility index (Phi) is 4.99. The number of hydrogen-bond acceptors (Lipinski definition) is 2. The van der Waals surface area contributed by atoms with E-state index in [2.05, 4.69) is 29.9 Å². The average Bonchev–Trinajstić information content (AvgIpc) is 3.31. The van der Waals surface area contributed by atoms with E-state index in [1.54, 1.807) is 7.05 Å². The fourth-order valence-electron chi connectivity index (χ4n) is 2.15. The maximum absolute atomic E-state index is 6.10. The van der Waals surface area contributed by atoms with Crippen LogP contribution in [0.15, 0.2) is 65.3 Å². The second kappa shape index (κ2) is 6.93. The Labute approximate surface area is 127 Å². The lowest BCUT2D eigenvalue weighted by Gasteiger charge is -2.08. The minimum atomic E-state index is 0.680. The molecule has 21 heavy (non-hydrogen) atoms. The van der Waals surface area contributed by atoms with Gasteiger partial charge in [0, 0.05) is 24.5 Å². The molecule has 1 aromatic rings. The van der Waals surface area contributed by atoms with Crippen molar-refractivity contribution < 1.29 is 0 Å². The molecule has 1 aromatic carbocycles. The van der Waals surface area contributed by atoms with Crippen molar-refractivity contribution >= 4 is 11.5 Å². The van der Waals surface area contributed by atoms with Crippen molar-refractivity contribution in [3.05, 3.63) is 65.9 Å². The van der Waals surface area contributed by atoms with Crippen LogP contribution in [0.25, 0.3) is 5.70 Å². The number of benzene rings is 1. The van der Waals surface area contributed by atoms with E-state index in [4.69, 9.17) is 5.73 Å². The second-order valence-electron chi connectivity index (χ2n) is 5.39. The third-order valence-corrected chi connectivity index (χ3v) is 3.55. The summed E-state index contributed by atoms with van der Waals surface area (Å²) in [5, 5.41) is 3.20. The topological polar surface area (TPSA) is 50.4 Å². The van der Waals surface area contributed by atoms with Gasteiger partial charge in [0.2, 0.25) is 0 Å². The fraction of sp³-hybridized carbons (Fsp3) is 0.278. The van der Waals surface area contributed by atoms with Crippen molar-refractivity contribution in [3.63, 3.8) is 0 Å². The zero-order valence-electron chi connectivity index (χ0n) is 12.8. The molecule has 3 nitrogen and oxygen atoms in total. The molecule has 0 atom stereocenters. The van der Waals surface area contributed by atoms with Crippen LogP contribution in [0, 0.1) is 5.92 Å². The van der Waals surface area contributed by atoms with Gasteiger partial charge in [0.1, 0.15) is 5.84 Å². The number of nitrogens with one attached hydrogen (secondary N) is 1. The van der Waals surface area contributed by atoms with E-state index in [9.17, 15) is 0 Å². The summed E-state index contributed by atoms with van der Waals surface area (Å²) in [5.41, 5.74) is 9.99. The van der Waals surface area contributed by atoms with Crippen LogP contribution in [-0.4, -0.2) is 12.9 Å². The van der Waals surface area contributed by atoms with Gasteiger partial charge >= 0.3 is 0 Å². The first kappa shape index (κ1) is 15.1. The van der Waals surface area contributed by atoms with Crippen molar-refractivity contribution in [3.8, 4) is 0 Å². The lowest BCUT2D eigenvalue weighted by atomic mass is 10.1. The van der Waals surface area contributed by atoms with Crippen LogP contribution < -0.4 is 11.1 Å². The van der Waals surface area contributed by atoms with Gasteiger partial charge in [0.05, 0.1) is 0 Å². The summed E-state index contributed by atoms with van der Waals surface area (Å²) >= 11 is 0. The number of hydrogen-bond donors (Lipinski definition) is 2. The van der Waals surface area contributed by atoms with Crippen LogP contribution >= 0.6 is 0 Å². The van der Waals surface area contributed by atoms with Crippen LogP contribution in [0.2, 0.25) is 0 Å². The highest BCUT2D eigenvalue weighted by atomic mass is 15.0. The zero-order chi connectivity index (χ0) is 15.2. The molecule has 0 heterocycles. The maximum Gasteiger partial charge on any atom is 0.127 e. The molecular formula is C18H23N3. The van der Waals surface area contributed by atoms with Crippen molar-refractivity contribution in [2.24, 2.45) is 16.6 Å². The highest BCUT2D eigenvalue weighted by molar-refractivity contribution is 5.99. The predicted molar refractivity (Wildman–Crippen MR) is 90.7 cm³/mol. The first-order valence-electron chi connectivity index (χ1n) is 7.23. The Morgan fingerprint density at radius 1 is 1.29 bits per heavy atom. The summed E-state index contributed by atoms with van der Waals surface area (Å²) in [6.45, 7) is 6.19. The molecular weight excluding hydrogens is 258 g/mol. The highest BCUT2D eigenvalue weighted by Gasteiger charge is 2.22. The van der Waals surface area contributed by atoms with Gasteiger partial charge in [-0.25, -0.2) is 0 Å². The number of amidine groups is 1. The molecule has 0 aliphatic heterocycles. The molecule has 1 aliphatic rings. The molecule has 0 aromatic heterocycles. The van der Waals surface area contributed by atoms with Crippen molar-refractivity contribution in [1.29, 1.82) is 0 Å². The van der Waals surface area contributed by atoms with Gasteiger partial charge in [-0.05, 0) is 37.3 Å². The summed E-state index contributed by atoms with van der Waals surface area (Å²) < 4.78 is 0. The number of aliphatic imine (C=N–C) groups is 1. The zero-order valence-corrected chi connectivity index (χ0v) is 12.8. The summed E-state index contributed by atoms with van der Waals surface area (Å²) in [4.78, 5) is 4.22. The Balaban J connectivity index is 2.03. The average molecular weight is 281 g/mol. The number of allylic oxidation sites excluding steroid dienone is 2. The molecule has 110 valence electrons. The molecule has 0 bridgehead atoms. The summed E-state index contributed by atoms with van der Waals surface area (Å²) in [6, 6.07) is 9.85. The monoisotopic (exact) mass is 281 g/mol. The third kappa shape index (κ3) is 4.63. The van der Waals surface area contributed by atoms with Crippen molar-refractivity contribution in [2.45, 2.75) is 19.8 Å². The summed E-state index contributed by atoms with van der Waals surface area (Å²) in [6.07, 6.45) is 6.52. The molecule has 3 heteroatoms. The smallest absolute Gasteiger partial charge is 0.127 e. The number of nitrogens with zero attached hydrogens (tertiary/aromatic N) is 1. The molecule has 3 N–H and O–H groups in total.